The third-order valence-corrected chi connectivity index (χ3v) is 6.44. The summed E-state index contributed by atoms with van der Waals surface area (Å²) in [5, 5.41) is 3.71. The highest BCUT2D eigenvalue weighted by molar-refractivity contribution is 5.73. The maximum absolute atomic E-state index is 13.3. The number of carbonyl (C=O) groups excluding carboxylic acids is 1. The Labute approximate surface area is 157 Å². The topological polar surface area (TPSA) is 32.3 Å². The summed E-state index contributed by atoms with van der Waals surface area (Å²) in [6.45, 7) is 6.59. The summed E-state index contributed by atoms with van der Waals surface area (Å²) in [6, 6.07) is 5.84. The molecular formula is C22H33FN2O. The molecule has 1 heterocycles. The van der Waals surface area contributed by atoms with Gasteiger partial charge in [0.05, 0.1) is 0 Å². The van der Waals surface area contributed by atoms with Crippen molar-refractivity contribution in [2.75, 3.05) is 19.6 Å². The molecule has 0 bridgehead atoms. The predicted molar refractivity (Wildman–Crippen MR) is 104 cm³/mol. The largest absolute Gasteiger partial charge is 0.343 e. The van der Waals surface area contributed by atoms with E-state index >= 15 is 0 Å². The Hall–Kier alpha value is -1.42. The summed E-state index contributed by atoms with van der Waals surface area (Å²) in [7, 11) is 0. The van der Waals surface area contributed by atoms with Gasteiger partial charge in [-0.05, 0) is 93.5 Å². The van der Waals surface area contributed by atoms with Gasteiger partial charge in [0.1, 0.15) is 5.82 Å². The van der Waals surface area contributed by atoms with Crippen molar-refractivity contribution in [1.29, 1.82) is 0 Å². The first-order valence-corrected chi connectivity index (χ1v) is 10.3. The molecule has 144 valence electrons. The average Bonchev–Trinajstić information content (AvgIpc) is 2.63. The monoisotopic (exact) mass is 360 g/mol. The van der Waals surface area contributed by atoms with E-state index < -0.39 is 0 Å². The van der Waals surface area contributed by atoms with Crippen molar-refractivity contribution in [2.24, 2.45) is 5.92 Å². The molecule has 4 heteroatoms. The van der Waals surface area contributed by atoms with E-state index in [1.807, 2.05) is 17.9 Å². The number of carbonyl (C=O) groups is 1. The molecule has 2 fully saturated rings. The Balaban J connectivity index is 1.35. The molecule has 1 aromatic rings. The number of halogens is 1. The molecule has 0 radical (unpaired) electrons. The highest BCUT2D eigenvalue weighted by Crippen LogP contribution is 2.38. The molecule has 1 saturated heterocycles. The molecule has 1 N–H and O–H groups in total. The van der Waals surface area contributed by atoms with Crippen LogP contribution in [0.4, 0.5) is 4.39 Å². The zero-order valence-electron chi connectivity index (χ0n) is 16.3. The summed E-state index contributed by atoms with van der Waals surface area (Å²) < 4.78 is 13.3. The van der Waals surface area contributed by atoms with Gasteiger partial charge in [0.2, 0.25) is 5.91 Å². The minimum atomic E-state index is -0.125. The summed E-state index contributed by atoms with van der Waals surface area (Å²) in [5.74, 6) is 1.50. The van der Waals surface area contributed by atoms with Gasteiger partial charge < -0.3 is 10.2 Å². The Morgan fingerprint density at radius 3 is 2.46 bits per heavy atom. The fourth-order valence-corrected chi connectivity index (χ4v) is 4.75. The average molecular weight is 361 g/mol. The van der Waals surface area contributed by atoms with E-state index in [9.17, 15) is 9.18 Å². The van der Waals surface area contributed by atoms with Crippen molar-refractivity contribution in [3.8, 4) is 0 Å². The number of hydrogen-bond donors (Lipinski definition) is 1. The van der Waals surface area contributed by atoms with Gasteiger partial charge in [-0.25, -0.2) is 4.39 Å². The first kappa shape index (κ1) is 19.3. The van der Waals surface area contributed by atoms with Gasteiger partial charge in [-0.1, -0.05) is 6.07 Å². The van der Waals surface area contributed by atoms with Crippen LogP contribution >= 0.6 is 0 Å². The summed E-state index contributed by atoms with van der Waals surface area (Å²) in [5.41, 5.74) is 2.45. The molecule has 2 aliphatic rings. The van der Waals surface area contributed by atoms with Crippen LogP contribution in [-0.2, 0) is 4.79 Å². The number of benzene rings is 1. The van der Waals surface area contributed by atoms with Crippen LogP contribution in [0.2, 0.25) is 0 Å². The van der Waals surface area contributed by atoms with Gasteiger partial charge in [0, 0.05) is 26.1 Å². The molecule has 1 aliphatic heterocycles. The second kappa shape index (κ2) is 8.98. The van der Waals surface area contributed by atoms with Gasteiger partial charge in [0.25, 0.3) is 0 Å². The predicted octanol–water partition coefficient (Wildman–Crippen LogP) is 4.40. The molecule has 0 atom stereocenters. The van der Waals surface area contributed by atoms with Crippen LogP contribution in [0.1, 0.15) is 68.9 Å². The molecular weight excluding hydrogens is 327 g/mol. The number of likely N-dealkylation sites (tertiary alicyclic amines) is 1. The molecule has 0 unspecified atom stereocenters. The standard InChI is InChI=1S/C22H33FN2O/c1-16-15-20(23)7-8-22(16)19-5-3-18(4-6-19)9-12-24-21-10-13-25(14-11-21)17(2)26/h7-8,15,18-19,21,24H,3-6,9-14H2,1-2H3. The molecule has 1 aromatic carbocycles. The highest BCUT2D eigenvalue weighted by atomic mass is 19.1. The van der Waals surface area contributed by atoms with E-state index in [0.29, 0.717) is 12.0 Å². The normalized spacial score (nSPS) is 24.7. The lowest BCUT2D eigenvalue weighted by Crippen LogP contribution is -2.44. The zero-order valence-corrected chi connectivity index (χ0v) is 16.3. The molecule has 3 rings (SSSR count). The van der Waals surface area contributed by atoms with Crippen molar-refractivity contribution in [3.05, 3.63) is 35.1 Å². The lowest BCUT2D eigenvalue weighted by atomic mass is 9.76. The van der Waals surface area contributed by atoms with Crippen LogP contribution in [0.15, 0.2) is 18.2 Å². The van der Waals surface area contributed by atoms with Gasteiger partial charge in [-0.3, -0.25) is 4.79 Å². The molecule has 0 aromatic heterocycles. The first-order valence-electron chi connectivity index (χ1n) is 10.3. The van der Waals surface area contributed by atoms with Crippen LogP contribution in [0, 0.1) is 18.7 Å². The first-order chi connectivity index (χ1) is 12.5. The number of nitrogens with one attached hydrogen (secondary N) is 1. The van der Waals surface area contributed by atoms with Crippen molar-refractivity contribution in [2.45, 2.75) is 70.8 Å². The Kier molecular flexibility index (Phi) is 6.68. The lowest BCUT2D eigenvalue weighted by Gasteiger charge is -2.33. The number of rotatable bonds is 5. The van der Waals surface area contributed by atoms with E-state index in [0.717, 1.165) is 44.0 Å². The fraction of sp³-hybridized carbons (Fsp3) is 0.682. The van der Waals surface area contributed by atoms with Gasteiger partial charge in [-0.15, -0.1) is 0 Å². The van der Waals surface area contributed by atoms with Gasteiger partial charge in [-0.2, -0.15) is 0 Å². The summed E-state index contributed by atoms with van der Waals surface area (Å²) >= 11 is 0. The van der Waals surface area contributed by atoms with Crippen molar-refractivity contribution in [3.63, 3.8) is 0 Å². The Morgan fingerprint density at radius 1 is 1.15 bits per heavy atom. The minimum absolute atomic E-state index is 0.125. The lowest BCUT2D eigenvalue weighted by molar-refractivity contribution is -0.129. The summed E-state index contributed by atoms with van der Waals surface area (Å²) in [4.78, 5) is 13.3. The van der Waals surface area contributed by atoms with Crippen LogP contribution < -0.4 is 5.32 Å². The van der Waals surface area contributed by atoms with E-state index in [1.165, 1.54) is 37.7 Å². The SMILES string of the molecule is CC(=O)N1CCC(NCCC2CCC(c3ccc(F)cc3C)CC2)CC1. The number of amides is 1. The van der Waals surface area contributed by atoms with Crippen LogP contribution in [-0.4, -0.2) is 36.5 Å². The van der Waals surface area contributed by atoms with E-state index in [2.05, 4.69) is 5.32 Å². The van der Waals surface area contributed by atoms with Crippen molar-refractivity contribution >= 4 is 5.91 Å². The second-order valence-electron chi connectivity index (χ2n) is 8.24. The van der Waals surface area contributed by atoms with Crippen LogP contribution in [0.5, 0.6) is 0 Å². The minimum Gasteiger partial charge on any atom is -0.343 e. The molecule has 0 spiro atoms. The Bertz CT molecular complexity index is 602. The molecule has 1 saturated carbocycles. The number of piperidine rings is 1. The molecule has 3 nitrogen and oxygen atoms in total. The third kappa shape index (κ3) is 5.06. The zero-order chi connectivity index (χ0) is 18.5. The van der Waals surface area contributed by atoms with Crippen LogP contribution in [0.25, 0.3) is 0 Å². The van der Waals surface area contributed by atoms with E-state index in [-0.39, 0.29) is 11.7 Å². The molecule has 1 amide bonds. The summed E-state index contributed by atoms with van der Waals surface area (Å²) in [6.07, 6.45) is 8.44. The van der Waals surface area contributed by atoms with Crippen molar-refractivity contribution in [1.82, 2.24) is 10.2 Å². The quantitative estimate of drug-likeness (QED) is 0.844. The molecule has 1 aliphatic carbocycles. The van der Waals surface area contributed by atoms with Crippen molar-refractivity contribution < 1.29 is 9.18 Å². The Morgan fingerprint density at radius 2 is 1.85 bits per heavy atom. The van der Waals surface area contributed by atoms with Crippen LogP contribution in [0.3, 0.4) is 0 Å². The maximum atomic E-state index is 13.3. The maximum Gasteiger partial charge on any atom is 0.219 e. The highest BCUT2D eigenvalue weighted by Gasteiger charge is 2.24. The number of nitrogens with zero attached hydrogens (tertiary/aromatic N) is 1. The number of aryl methyl sites for hydroxylation is 1. The fourth-order valence-electron chi connectivity index (χ4n) is 4.75. The van der Waals surface area contributed by atoms with Gasteiger partial charge >= 0.3 is 0 Å². The van der Waals surface area contributed by atoms with Gasteiger partial charge in [0.15, 0.2) is 0 Å². The smallest absolute Gasteiger partial charge is 0.219 e. The molecule has 26 heavy (non-hydrogen) atoms. The second-order valence-corrected chi connectivity index (χ2v) is 8.24. The third-order valence-electron chi connectivity index (χ3n) is 6.44. The van der Waals surface area contributed by atoms with E-state index in [1.54, 1.807) is 19.1 Å². The number of hydrogen-bond acceptors (Lipinski definition) is 2. The van der Waals surface area contributed by atoms with E-state index in [4.69, 9.17) is 0 Å².